The minimum absolute atomic E-state index is 0.173. The molecule has 2 aromatic carbocycles. The molecule has 0 bridgehead atoms. The van der Waals surface area contributed by atoms with Crippen LogP contribution >= 0.6 is 11.8 Å². The molecule has 0 fully saturated rings. The minimum atomic E-state index is -3.29. The first-order chi connectivity index (χ1) is 10.9. The van der Waals surface area contributed by atoms with E-state index in [9.17, 15) is 13.2 Å². The zero-order valence-corrected chi connectivity index (χ0v) is 14.4. The van der Waals surface area contributed by atoms with Gasteiger partial charge < -0.3 is 5.32 Å². The van der Waals surface area contributed by atoms with Gasteiger partial charge in [0, 0.05) is 22.9 Å². The third-order valence-corrected chi connectivity index (χ3v) is 4.93. The van der Waals surface area contributed by atoms with Crippen molar-refractivity contribution in [2.75, 3.05) is 17.8 Å². The van der Waals surface area contributed by atoms with Crippen molar-refractivity contribution < 1.29 is 13.2 Å². The van der Waals surface area contributed by atoms with Crippen LogP contribution in [0.3, 0.4) is 0 Å². The monoisotopic (exact) mass is 347 g/mol. The summed E-state index contributed by atoms with van der Waals surface area (Å²) in [4.78, 5) is 13.2. The number of amides is 1. The van der Waals surface area contributed by atoms with Crippen LogP contribution in [-0.2, 0) is 14.6 Å². The van der Waals surface area contributed by atoms with Crippen molar-refractivity contribution in [3.05, 3.63) is 60.2 Å². The molecule has 0 saturated heterocycles. The molecule has 1 N–H and O–H groups in total. The fraction of sp³-hybridized carbons (Fsp3) is 0.118. The largest absolute Gasteiger partial charge is 0.322 e. The van der Waals surface area contributed by atoms with Crippen LogP contribution in [0.15, 0.2) is 64.4 Å². The lowest BCUT2D eigenvalue weighted by molar-refractivity contribution is -0.111. The summed E-state index contributed by atoms with van der Waals surface area (Å²) in [7, 11) is -3.29. The molecule has 0 aliphatic rings. The molecule has 4 nitrogen and oxygen atoms in total. The molecular weight excluding hydrogens is 330 g/mol. The lowest BCUT2D eigenvalue weighted by Gasteiger charge is -2.04. The summed E-state index contributed by atoms with van der Waals surface area (Å²) >= 11 is 1.65. The normalized spacial score (nSPS) is 11.6. The zero-order chi connectivity index (χ0) is 16.9. The Hall–Kier alpha value is -2.05. The Morgan fingerprint density at radius 2 is 1.83 bits per heavy atom. The fourth-order valence-electron chi connectivity index (χ4n) is 1.88. The molecule has 1 amide bonds. The van der Waals surface area contributed by atoms with E-state index in [2.05, 4.69) is 5.32 Å². The molecule has 0 aromatic heterocycles. The third kappa shape index (κ3) is 5.26. The Morgan fingerprint density at radius 1 is 1.13 bits per heavy atom. The lowest BCUT2D eigenvalue weighted by atomic mass is 10.2. The van der Waals surface area contributed by atoms with Crippen LogP contribution in [0.1, 0.15) is 5.56 Å². The van der Waals surface area contributed by atoms with Gasteiger partial charge in [0.1, 0.15) is 0 Å². The van der Waals surface area contributed by atoms with Crippen LogP contribution in [0.2, 0.25) is 0 Å². The molecule has 0 atom stereocenters. The van der Waals surface area contributed by atoms with Crippen LogP contribution in [0.25, 0.3) is 6.08 Å². The van der Waals surface area contributed by atoms with E-state index in [0.717, 1.165) is 16.7 Å². The van der Waals surface area contributed by atoms with Crippen molar-refractivity contribution in [1.29, 1.82) is 0 Å². The van der Waals surface area contributed by atoms with Crippen LogP contribution in [0, 0.1) is 0 Å². The Bertz CT molecular complexity index is 825. The number of carbonyl (C=O) groups excluding carboxylic acids is 1. The molecule has 0 aliphatic carbocycles. The number of sulfone groups is 1. The van der Waals surface area contributed by atoms with Crippen LogP contribution in [0.5, 0.6) is 0 Å². The minimum Gasteiger partial charge on any atom is -0.322 e. The maximum atomic E-state index is 11.9. The van der Waals surface area contributed by atoms with Crippen LogP contribution < -0.4 is 5.32 Å². The highest BCUT2D eigenvalue weighted by atomic mass is 32.2. The van der Waals surface area contributed by atoms with E-state index in [0.29, 0.717) is 5.69 Å². The summed E-state index contributed by atoms with van der Waals surface area (Å²) in [6.45, 7) is 0. The molecule has 2 rings (SSSR count). The van der Waals surface area contributed by atoms with Crippen molar-refractivity contribution in [2.24, 2.45) is 0 Å². The number of anilines is 1. The SMILES string of the molecule is CSc1ccc(/C=C/C(=O)Nc2cccc(S(C)(=O)=O)c2)cc1. The topological polar surface area (TPSA) is 63.2 Å². The van der Waals surface area contributed by atoms with Gasteiger partial charge in [0.05, 0.1) is 4.90 Å². The van der Waals surface area contributed by atoms with Gasteiger partial charge in [-0.3, -0.25) is 4.79 Å². The van der Waals surface area contributed by atoms with Gasteiger partial charge in [-0.05, 0) is 48.2 Å². The van der Waals surface area contributed by atoms with Gasteiger partial charge in [-0.25, -0.2) is 8.42 Å². The van der Waals surface area contributed by atoms with Gasteiger partial charge in [0.15, 0.2) is 9.84 Å². The van der Waals surface area contributed by atoms with E-state index in [1.165, 1.54) is 18.2 Å². The first kappa shape index (κ1) is 17.3. The van der Waals surface area contributed by atoms with Gasteiger partial charge in [-0.2, -0.15) is 0 Å². The predicted octanol–water partition coefficient (Wildman–Crippen LogP) is 3.46. The van der Waals surface area contributed by atoms with Gasteiger partial charge in [0.25, 0.3) is 0 Å². The number of hydrogen-bond acceptors (Lipinski definition) is 4. The van der Waals surface area contributed by atoms with E-state index >= 15 is 0 Å². The molecule has 120 valence electrons. The second-order valence-corrected chi connectivity index (χ2v) is 7.79. The summed E-state index contributed by atoms with van der Waals surface area (Å²) in [5.41, 5.74) is 1.36. The van der Waals surface area contributed by atoms with Gasteiger partial charge in [-0.15, -0.1) is 11.8 Å². The molecule has 0 aliphatic heterocycles. The molecule has 0 saturated carbocycles. The first-order valence-electron chi connectivity index (χ1n) is 6.82. The maximum Gasteiger partial charge on any atom is 0.248 e. The number of nitrogens with one attached hydrogen (secondary N) is 1. The zero-order valence-electron chi connectivity index (χ0n) is 12.8. The van der Waals surface area contributed by atoms with Gasteiger partial charge >= 0.3 is 0 Å². The summed E-state index contributed by atoms with van der Waals surface area (Å²) in [5.74, 6) is -0.315. The fourth-order valence-corrected chi connectivity index (χ4v) is 2.95. The summed E-state index contributed by atoms with van der Waals surface area (Å²) in [5, 5.41) is 2.65. The van der Waals surface area contributed by atoms with E-state index in [4.69, 9.17) is 0 Å². The summed E-state index contributed by atoms with van der Waals surface area (Å²) < 4.78 is 23.0. The van der Waals surface area contributed by atoms with Crippen LogP contribution in [0.4, 0.5) is 5.69 Å². The number of benzene rings is 2. The summed E-state index contributed by atoms with van der Waals surface area (Å²) in [6, 6.07) is 14.0. The molecule has 6 heteroatoms. The molecule has 0 heterocycles. The molecule has 2 aromatic rings. The molecule has 0 unspecified atom stereocenters. The van der Waals surface area contributed by atoms with Crippen molar-refractivity contribution in [3.63, 3.8) is 0 Å². The van der Waals surface area contributed by atoms with Crippen LogP contribution in [-0.4, -0.2) is 26.8 Å². The van der Waals surface area contributed by atoms with Crippen molar-refractivity contribution in [3.8, 4) is 0 Å². The second-order valence-electron chi connectivity index (χ2n) is 4.90. The smallest absolute Gasteiger partial charge is 0.248 e. The second kappa shape index (κ2) is 7.48. The number of rotatable bonds is 5. The number of hydrogen-bond donors (Lipinski definition) is 1. The molecule has 0 radical (unpaired) electrons. The highest BCUT2D eigenvalue weighted by molar-refractivity contribution is 7.98. The van der Waals surface area contributed by atoms with E-state index in [1.807, 2.05) is 30.5 Å². The van der Waals surface area contributed by atoms with Crippen molar-refractivity contribution in [2.45, 2.75) is 9.79 Å². The third-order valence-electron chi connectivity index (χ3n) is 3.07. The predicted molar refractivity (Wildman–Crippen MR) is 95.4 cm³/mol. The number of carbonyl (C=O) groups is 1. The summed E-state index contributed by atoms with van der Waals surface area (Å²) in [6.07, 6.45) is 6.26. The van der Waals surface area contributed by atoms with Crippen molar-refractivity contribution in [1.82, 2.24) is 0 Å². The van der Waals surface area contributed by atoms with E-state index < -0.39 is 9.84 Å². The highest BCUT2D eigenvalue weighted by Gasteiger charge is 2.08. The first-order valence-corrected chi connectivity index (χ1v) is 9.93. The Balaban J connectivity index is 2.05. The highest BCUT2D eigenvalue weighted by Crippen LogP contribution is 2.17. The van der Waals surface area contributed by atoms with E-state index in [-0.39, 0.29) is 10.8 Å². The average Bonchev–Trinajstić information content (AvgIpc) is 2.53. The molecule has 0 spiro atoms. The average molecular weight is 347 g/mol. The lowest BCUT2D eigenvalue weighted by Crippen LogP contribution is -2.08. The Kier molecular flexibility index (Phi) is 5.63. The number of thioether (sulfide) groups is 1. The molecular formula is C17H17NO3S2. The standard InChI is InChI=1S/C17H17NO3S2/c1-22-15-9-6-13(7-10-15)8-11-17(19)18-14-4-3-5-16(12-14)23(2,20)21/h3-12H,1-2H3,(H,18,19)/b11-8+. The Morgan fingerprint density at radius 3 is 2.43 bits per heavy atom. The van der Waals surface area contributed by atoms with Gasteiger partial charge in [-0.1, -0.05) is 18.2 Å². The van der Waals surface area contributed by atoms with Crippen molar-refractivity contribution >= 4 is 39.3 Å². The Labute approximate surface area is 140 Å². The molecule has 23 heavy (non-hydrogen) atoms. The van der Waals surface area contributed by atoms with E-state index in [1.54, 1.807) is 30.0 Å². The van der Waals surface area contributed by atoms with Gasteiger partial charge in [0.2, 0.25) is 5.91 Å². The maximum absolute atomic E-state index is 11.9. The quantitative estimate of drug-likeness (QED) is 0.664.